The van der Waals surface area contributed by atoms with E-state index in [1.807, 2.05) is 19.1 Å². The Morgan fingerprint density at radius 2 is 1.35 bits per heavy atom. The third kappa shape index (κ3) is 5.57. The van der Waals surface area contributed by atoms with Crippen LogP contribution in [0.4, 0.5) is 8.78 Å². The van der Waals surface area contributed by atoms with Gasteiger partial charge in [-0.15, -0.1) is 0 Å². The van der Waals surface area contributed by atoms with E-state index in [0.29, 0.717) is 5.92 Å². The Bertz CT molecular complexity index is 817. The molecule has 0 N–H and O–H groups in total. The van der Waals surface area contributed by atoms with E-state index >= 15 is 0 Å². The van der Waals surface area contributed by atoms with Gasteiger partial charge in [-0.2, -0.15) is 8.78 Å². The molecule has 165 valence electrons. The predicted octanol–water partition coefficient (Wildman–Crippen LogP) is 7.79. The van der Waals surface area contributed by atoms with Gasteiger partial charge in [-0.1, -0.05) is 48.7 Å². The molecule has 1 nitrogen and oxygen atoms in total. The van der Waals surface area contributed by atoms with Crippen molar-refractivity contribution in [2.75, 3.05) is 0 Å². The second-order valence-corrected chi connectivity index (χ2v) is 10.1. The molecule has 0 unspecified atom stereocenters. The van der Waals surface area contributed by atoms with Gasteiger partial charge in [0.15, 0.2) is 0 Å². The van der Waals surface area contributed by atoms with Crippen molar-refractivity contribution in [3.63, 3.8) is 0 Å². The van der Waals surface area contributed by atoms with Gasteiger partial charge >= 0.3 is 6.11 Å². The van der Waals surface area contributed by atoms with Gasteiger partial charge in [0.05, 0.1) is 5.56 Å². The molecule has 4 heteroatoms. The predicted molar refractivity (Wildman–Crippen MR) is 123 cm³/mol. The van der Waals surface area contributed by atoms with Gasteiger partial charge in [0.25, 0.3) is 0 Å². The van der Waals surface area contributed by atoms with Crippen molar-refractivity contribution in [2.24, 2.45) is 17.8 Å². The summed E-state index contributed by atoms with van der Waals surface area (Å²) in [4.78, 5) is 0. The Hall–Kier alpha value is -1.68. The van der Waals surface area contributed by atoms with Crippen molar-refractivity contribution >= 4 is 10.2 Å². The van der Waals surface area contributed by atoms with Gasteiger partial charge in [-0.3, -0.25) is 0 Å². The van der Waals surface area contributed by atoms with Gasteiger partial charge in [-0.25, -0.2) is 0 Å². The topological polar surface area (TPSA) is 9.23 Å². The van der Waals surface area contributed by atoms with Crippen LogP contribution in [0.3, 0.4) is 0 Å². The lowest BCUT2D eigenvalue weighted by Gasteiger charge is -2.38. The van der Waals surface area contributed by atoms with Crippen LogP contribution >= 0.6 is 0 Å². The fraction of sp³-hybridized carbons (Fsp3) is 0.556. The van der Waals surface area contributed by atoms with Crippen molar-refractivity contribution in [1.82, 2.24) is 0 Å². The third-order valence-corrected chi connectivity index (χ3v) is 8.18. The first-order valence-electron chi connectivity index (χ1n) is 11.8. The van der Waals surface area contributed by atoms with Crippen LogP contribution in [0, 0.1) is 24.7 Å². The minimum Gasteiger partial charge on any atom is -0.429 e. The molecule has 31 heavy (non-hydrogen) atoms. The second-order valence-electron chi connectivity index (χ2n) is 9.65. The molecule has 0 spiro atoms. The number of rotatable bonds is 6. The number of aryl methyl sites for hydroxylation is 1. The third-order valence-electron chi connectivity index (χ3n) is 7.60. The summed E-state index contributed by atoms with van der Waals surface area (Å²) in [6, 6.07) is 14.7. The maximum atomic E-state index is 14.6. The Kier molecular flexibility index (Phi) is 7.15. The monoisotopic (exact) mass is 439 g/mol. The number of alkyl halides is 2. The summed E-state index contributed by atoms with van der Waals surface area (Å²) in [5.74, 6) is 3.31. The van der Waals surface area contributed by atoms with Gasteiger partial charge in [-0.05, 0) is 98.9 Å². The molecule has 2 aliphatic carbocycles. The van der Waals surface area contributed by atoms with E-state index < -0.39 is 6.11 Å². The molecular formula is C27H33F2OSi. The molecule has 0 aromatic heterocycles. The molecule has 0 amide bonds. The number of halogens is 2. The second kappa shape index (κ2) is 9.85. The van der Waals surface area contributed by atoms with Crippen LogP contribution < -0.4 is 4.74 Å². The molecule has 0 saturated heterocycles. The van der Waals surface area contributed by atoms with Crippen LogP contribution in [0.15, 0.2) is 48.5 Å². The highest BCUT2D eigenvalue weighted by atomic mass is 28.1. The normalized spacial score (nSPS) is 27.1. The van der Waals surface area contributed by atoms with Gasteiger partial charge in [0.1, 0.15) is 5.75 Å². The quantitative estimate of drug-likeness (QED) is 0.417. The first-order chi connectivity index (χ1) is 14.9. The molecule has 0 bridgehead atoms. The number of hydrogen-bond acceptors (Lipinski definition) is 1. The van der Waals surface area contributed by atoms with Crippen molar-refractivity contribution < 1.29 is 13.5 Å². The maximum Gasteiger partial charge on any atom is 0.426 e. The van der Waals surface area contributed by atoms with E-state index in [1.165, 1.54) is 69.1 Å². The number of benzene rings is 2. The van der Waals surface area contributed by atoms with E-state index in [2.05, 4.69) is 10.2 Å². The van der Waals surface area contributed by atoms with Crippen LogP contribution in [-0.4, -0.2) is 10.2 Å². The molecule has 4 rings (SSSR count). The number of ether oxygens (including phenoxy) is 1. The molecule has 2 aromatic carbocycles. The van der Waals surface area contributed by atoms with Crippen LogP contribution in [0.2, 0.25) is 6.04 Å². The molecular weight excluding hydrogens is 406 g/mol. The highest BCUT2D eigenvalue weighted by Gasteiger charge is 2.35. The Morgan fingerprint density at radius 1 is 0.806 bits per heavy atom. The van der Waals surface area contributed by atoms with Crippen LogP contribution in [0.5, 0.6) is 5.75 Å². The van der Waals surface area contributed by atoms with Crippen molar-refractivity contribution in [2.45, 2.75) is 76.4 Å². The molecule has 2 aromatic rings. The van der Waals surface area contributed by atoms with Gasteiger partial charge < -0.3 is 4.74 Å². The fourth-order valence-corrected chi connectivity index (χ4v) is 5.96. The standard InChI is InChI=1S/C27H33F2OSi/c1-19-2-16-26(17-3-19)30-27(28,29)25-14-12-24(13-15-25)23-10-8-22(9-11-23)21-6-4-20(18-31)5-7-21/h2-3,12-17,20-23H,4-11,18H2,1H3. The zero-order valence-corrected chi connectivity index (χ0v) is 19.5. The molecule has 2 saturated carbocycles. The lowest BCUT2D eigenvalue weighted by molar-refractivity contribution is -0.185. The van der Waals surface area contributed by atoms with E-state index in [4.69, 9.17) is 4.74 Å². The fourth-order valence-electron chi connectivity index (χ4n) is 5.55. The molecule has 2 fully saturated rings. The first-order valence-corrected chi connectivity index (χ1v) is 12.5. The van der Waals surface area contributed by atoms with E-state index in [0.717, 1.165) is 29.4 Å². The summed E-state index contributed by atoms with van der Waals surface area (Å²) in [5.41, 5.74) is 2.12. The lowest BCUT2D eigenvalue weighted by Crippen LogP contribution is -2.25. The Balaban J connectivity index is 1.32. The minimum atomic E-state index is -3.33. The first kappa shape index (κ1) is 22.5. The van der Waals surface area contributed by atoms with Crippen molar-refractivity contribution in [3.05, 3.63) is 65.2 Å². The SMILES string of the molecule is Cc1ccc(OC(F)(F)c2ccc(C3CCC(C4CCC(C[Si])CC4)CC3)cc2)cc1. The maximum absolute atomic E-state index is 14.6. The summed E-state index contributed by atoms with van der Waals surface area (Å²) in [6.45, 7) is 1.92. The Labute approximate surface area is 189 Å². The Morgan fingerprint density at radius 3 is 1.90 bits per heavy atom. The average Bonchev–Trinajstić information content (AvgIpc) is 2.81. The molecule has 2 aliphatic rings. The molecule has 0 atom stereocenters. The van der Waals surface area contributed by atoms with Crippen molar-refractivity contribution in [3.8, 4) is 5.75 Å². The molecule has 3 radical (unpaired) electrons. The van der Waals surface area contributed by atoms with E-state index in [-0.39, 0.29) is 11.3 Å². The van der Waals surface area contributed by atoms with Crippen LogP contribution in [-0.2, 0) is 6.11 Å². The van der Waals surface area contributed by atoms with E-state index in [1.54, 1.807) is 24.3 Å². The van der Waals surface area contributed by atoms with Crippen LogP contribution in [0.25, 0.3) is 0 Å². The largest absolute Gasteiger partial charge is 0.429 e. The van der Waals surface area contributed by atoms with Gasteiger partial charge in [0, 0.05) is 10.2 Å². The summed E-state index contributed by atoms with van der Waals surface area (Å²) in [6.07, 6.45) is 7.09. The summed E-state index contributed by atoms with van der Waals surface area (Å²) in [5, 5.41) is 0. The highest BCUT2D eigenvalue weighted by molar-refractivity contribution is 6.08. The number of hydrogen-bond donors (Lipinski definition) is 0. The average molecular weight is 440 g/mol. The molecule has 0 aliphatic heterocycles. The van der Waals surface area contributed by atoms with Gasteiger partial charge in [0.2, 0.25) is 0 Å². The highest BCUT2D eigenvalue weighted by Crippen LogP contribution is 2.44. The summed E-state index contributed by atoms with van der Waals surface area (Å²) < 4.78 is 34.2. The van der Waals surface area contributed by atoms with E-state index in [9.17, 15) is 8.78 Å². The lowest BCUT2D eigenvalue weighted by atomic mass is 9.68. The zero-order valence-electron chi connectivity index (χ0n) is 18.5. The van der Waals surface area contributed by atoms with Crippen LogP contribution in [0.1, 0.15) is 74.0 Å². The van der Waals surface area contributed by atoms with Crippen molar-refractivity contribution in [1.29, 1.82) is 0 Å². The minimum absolute atomic E-state index is 0.0890. The smallest absolute Gasteiger partial charge is 0.426 e. The molecule has 0 heterocycles. The summed E-state index contributed by atoms with van der Waals surface area (Å²) in [7, 11) is 3.69. The summed E-state index contributed by atoms with van der Waals surface area (Å²) >= 11 is 0. The zero-order chi connectivity index (χ0) is 21.8.